The first-order valence-electron chi connectivity index (χ1n) is 3.90. The van der Waals surface area contributed by atoms with Crippen molar-refractivity contribution in [3.63, 3.8) is 0 Å². The molecule has 2 atom stereocenters. The van der Waals surface area contributed by atoms with Crippen LogP contribution in [0.5, 0.6) is 0 Å². The van der Waals surface area contributed by atoms with Crippen LogP contribution in [0.3, 0.4) is 0 Å². The second-order valence-corrected chi connectivity index (χ2v) is 7.85. The number of alkyl halides is 1. The van der Waals surface area contributed by atoms with E-state index in [0.29, 0.717) is 5.25 Å². The zero-order chi connectivity index (χ0) is 9.35. The molecule has 0 radical (unpaired) electrons. The molecule has 0 amide bonds. The number of rotatable bonds is 2. The van der Waals surface area contributed by atoms with E-state index in [0.717, 1.165) is 0 Å². The Morgan fingerprint density at radius 3 is 2.33 bits per heavy atom. The highest BCUT2D eigenvalue weighted by molar-refractivity contribution is 8.02. The van der Waals surface area contributed by atoms with Gasteiger partial charge in [0.2, 0.25) is 0 Å². The summed E-state index contributed by atoms with van der Waals surface area (Å²) in [6.45, 7) is 4.11. The zero-order valence-electron chi connectivity index (χ0n) is 7.16. The van der Waals surface area contributed by atoms with Crippen LogP contribution in [-0.4, -0.2) is 35.8 Å². The SMILES string of the molecule is CC(C)S[C@@H]1CS(=O)(=O)C[C@H]1Cl. The standard InChI is InChI=1S/C7H13ClO2S2/c1-5(2)11-7-4-12(9,10)3-6(7)8/h5-7H,3-4H2,1-2H3/t6-,7-/m1/s1. The van der Waals surface area contributed by atoms with Crippen LogP contribution in [0.25, 0.3) is 0 Å². The van der Waals surface area contributed by atoms with Crippen molar-refractivity contribution >= 4 is 33.2 Å². The molecule has 1 aliphatic heterocycles. The van der Waals surface area contributed by atoms with Crippen LogP contribution in [0.2, 0.25) is 0 Å². The normalized spacial score (nSPS) is 34.3. The molecule has 2 nitrogen and oxygen atoms in total. The van der Waals surface area contributed by atoms with Gasteiger partial charge in [0.1, 0.15) is 0 Å². The Kier molecular flexibility index (Phi) is 3.34. The maximum absolute atomic E-state index is 11.1. The fraction of sp³-hybridized carbons (Fsp3) is 1.00. The second-order valence-electron chi connectivity index (χ2n) is 3.32. The first kappa shape index (κ1) is 10.7. The summed E-state index contributed by atoms with van der Waals surface area (Å²) in [6.07, 6.45) is 0. The van der Waals surface area contributed by atoms with Gasteiger partial charge in [-0.05, 0) is 5.25 Å². The summed E-state index contributed by atoms with van der Waals surface area (Å²) in [4.78, 5) is 0. The van der Waals surface area contributed by atoms with Crippen LogP contribution < -0.4 is 0 Å². The molecule has 0 aliphatic carbocycles. The van der Waals surface area contributed by atoms with Crippen molar-refractivity contribution in [2.75, 3.05) is 11.5 Å². The van der Waals surface area contributed by atoms with Gasteiger partial charge in [-0.15, -0.1) is 11.6 Å². The van der Waals surface area contributed by atoms with Gasteiger partial charge in [-0.3, -0.25) is 0 Å². The number of sulfone groups is 1. The van der Waals surface area contributed by atoms with E-state index in [2.05, 4.69) is 13.8 Å². The molecular weight excluding hydrogens is 216 g/mol. The average molecular weight is 229 g/mol. The van der Waals surface area contributed by atoms with Crippen LogP contribution in [0, 0.1) is 0 Å². The number of hydrogen-bond donors (Lipinski definition) is 0. The summed E-state index contributed by atoms with van der Waals surface area (Å²) in [5.74, 6) is 0.406. The third-order valence-corrected chi connectivity index (χ3v) is 5.81. The van der Waals surface area contributed by atoms with Gasteiger partial charge < -0.3 is 0 Å². The zero-order valence-corrected chi connectivity index (χ0v) is 9.55. The van der Waals surface area contributed by atoms with E-state index in [1.165, 1.54) is 0 Å². The summed E-state index contributed by atoms with van der Waals surface area (Å²) in [7, 11) is -2.84. The lowest BCUT2D eigenvalue weighted by Crippen LogP contribution is -2.16. The van der Waals surface area contributed by atoms with Gasteiger partial charge in [0.05, 0.1) is 16.9 Å². The smallest absolute Gasteiger partial charge is 0.152 e. The lowest BCUT2D eigenvalue weighted by Gasteiger charge is -2.13. The summed E-state index contributed by atoms with van der Waals surface area (Å²) in [5.41, 5.74) is 0. The molecule has 1 fully saturated rings. The quantitative estimate of drug-likeness (QED) is 0.673. The van der Waals surface area contributed by atoms with Gasteiger partial charge in [0.25, 0.3) is 0 Å². The molecule has 1 saturated heterocycles. The van der Waals surface area contributed by atoms with Gasteiger partial charge in [-0.25, -0.2) is 8.42 Å². The highest BCUT2D eigenvalue weighted by Crippen LogP contribution is 2.30. The molecular formula is C7H13ClO2S2. The van der Waals surface area contributed by atoms with E-state index in [1.54, 1.807) is 11.8 Å². The summed E-state index contributed by atoms with van der Waals surface area (Å²) < 4.78 is 22.3. The van der Waals surface area contributed by atoms with Crippen molar-refractivity contribution in [1.29, 1.82) is 0 Å². The first-order chi connectivity index (χ1) is 5.41. The minimum atomic E-state index is -2.84. The van der Waals surface area contributed by atoms with Gasteiger partial charge in [-0.1, -0.05) is 13.8 Å². The Labute approximate surface area is 83.0 Å². The molecule has 0 aromatic rings. The topological polar surface area (TPSA) is 34.1 Å². The highest BCUT2D eigenvalue weighted by atomic mass is 35.5. The van der Waals surface area contributed by atoms with Crippen molar-refractivity contribution in [3.05, 3.63) is 0 Å². The number of halogens is 1. The van der Waals surface area contributed by atoms with E-state index in [1.807, 2.05) is 0 Å². The fourth-order valence-electron chi connectivity index (χ4n) is 1.25. The molecule has 0 spiro atoms. The molecule has 72 valence electrons. The Morgan fingerprint density at radius 1 is 1.42 bits per heavy atom. The summed E-state index contributed by atoms with van der Waals surface area (Å²) >= 11 is 7.57. The van der Waals surface area contributed by atoms with Crippen molar-refractivity contribution in [2.24, 2.45) is 0 Å². The van der Waals surface area contributed by atoms with Gasteiger partial charge >= 0.3 is 0 Å². The highest BCUT2D eigenvalue weighted by Gasteiger charge is 2.36. The molecule has 0 aromatic carbocycles. The Balaban J connectivity index is 2.58. The lowest BCUT2D eigenvalue weighted by atomic mass is 10.4. The van der Waals surface area contributed by atoms with Crippen LogP contribution in [-0.2, 0) is 9.84 Å². The number of thioether (sulfide) groups is 1. The van der Waals surface area contributed by atoms with Crippen LogP contribution in [0.15, 0.2) is 0 Å². The molecule has 0 aromatic heterocycles. The maximum Gasteiger partial charge on any atom is 0.152 e. The molecule has 0 bridgehead atoms. The van der Waals surface area contributed by atoms with Gasteiger partial charge in [0, 0.05) is 5.25 Å². The second kappa shape index (κ2) is 3.76. The maximum atomic E-state index is 11.1. The molecule has 0 N–H and O–H groups in total. The van der Waals surface area contributed by atoms with Crippen molar-refractivity contribution in [1.82, 2.24) is 0 Å². The molecule has 12 heavy (non-hydrogen) atoms. The van der Waals surface area contributed by atoms with Gasteiger partial charge in [-0.2, -0.15) is 11.8 Å². The molecule has 0 unspecified atom stereocenters. The van der Waals surface area contributed by atoms with Crippen molar-refractivity contribution < 1.29 is 8.42 Å². The van der Waals surface area contributed by atoms with Crippen LogP contribution >= 0.6 is 23.4 Å². The minimum Gasteiger partial charge on any atom is -0.229 e. The Morgan fingerprint density at radius 2 is 2.00 bits per heavy atom. The third-order valence-electron chi connectivity index (χ3n) is 1.68. The summed E-state index contributed by atoms with van der Waals surface area (Å²) in [5, 5.41) is 0.351. The van der Waals surface area contributed by atoms with Crippen molar-refractivity contribution in [3.8, 4) is 0 Å². The predicted molar refractivity (Wildman–Crippen MR) is 54.8 cm³/mol. The van der Waals surface area contributed by atoms with Crippen LogP contribution in [0.4, 0.5) is 0 Å². The molecule has 1 aliphatic rings. The summed E-state index contributed by atoms with van der Waals surface area (Å²) in [6, 6.07) is 0. The minimum absolute atomic E-state index is 0.0941. The molecule has 1 heterocycles. The van der Waals surface area contributed by atoms with Crippen molar-refractivity contribution in [2.45, 2.75) is 29.7 Å². The van der Waals surface area contributed by atoms with Crippen LogP contribution in [0.1, 0.15) is 13.8 Å². The van der Waals surface area contributed by atoms with E-state index in [4.69, 9.17) is 11.6 Å². The fourth-order valence-corrected chi connectivity index (χ4v) is 5.81. The van der Waals surface area contributed by atoms with E-state index in [9.17, 15) is 8.42 Å². The largest absolute Gasteiger partial charge is 0.229 e. The van der Waals surface area contributed by atoms with E-state index < -0.39 is 9.84 Å². The molecule has 0 saturated carbocycles. The molecule has 1 rings (SSSR count). The average Bonchev–Trinajstić information content (AvgIpc) is 2.03. The molecule has 5 heteroatoms. The van der Waals surface area contributed by atoms with Gasteiger partial charge in [0.15, 0.2) is 9.84 Å². The number of hydrogen-bond acceptors (Lipinski definition) is 3. The Hall–Kier alpha value is 0.590. The van der Waals surface area contributed by atoms with E-state index in [-0.39, 0.29) is 22.1 Å². The predicted octanol–water partition coefficient (Wildman–Crippen LogP) is 1.53. The van der Waals surface area contributed by atoms with E-state index >= 15 is 0 Å². The first-order valence-corrected chi connectivity index (χ1v) is 7.11. The lowest BCUT2D eigenvalue weighted by molar-refractivity contribution is 0.602. The third kappa shape index (κ3) is 2.82. The Bertz CT molecular complexity index is 248. The monoisotopic (exact) mass is 228 g/mol.